The molecule has 106 valence electrons. The first-order chi connectivity index (χ1) is 9.51. The predicted octanol–water partition coefficient (Wildman–Crippen LogP) is 4.88. The summed E-state index contributed by atoms with van der Waals surface area (Å²) in [5, 5.41) is 3.47. The van der Waals surface area contributed by atoms with Crippen LogP contribution in [0.25, 0.3) is 0 Å². The lowest BCUT2D eigenvalue weighted by atomic mass is 9.98. The van der Waals surface area contributed by atoms with Crippen LogP contribution in [0.4, 0.5) is 8.78 Å². The molecule has 2 aromatic carbocycles. The standard InChI is InChI=1S/C15H13BrClF2N/c1-20-15(12-4-2-10(16)8-14(12)19)7-9-6-11(17)3-5-13(9)18/h2-6,8,15,20H,7H2,1H3. The van der Waals surface area contributed by atoms with Crippen LogP contribution in [0.3, 0.4) is 0 Å². The summed E-state index contributed by atoms with van der Waals surface area (Å²) in [5.74, 6) is -0.673. The van der Waals surface area contributed by atoms with E-state index in [-0.39, 0.29) is 17.7 Å². The van der Waals surface area contributed by atoms with E-state index in [4.69, 9.17) is 11.6 Å². The average Bonchev–Trinajstić information content (AvgIpc) is 2.40. The molecule has 1 unspecified atom stereocenters. The van der Waals surface area contributed by atoms with Gasteiger partial charge in [0.05, 0.1) is 0 Å². The van der Waals surface area contributed by atoms with Crippen molar-refractivity contribution in [2.24, 2.45) is 0 Å². The van der Waals surface area contributed by atoms with Crippen LogP contribution in [-0.2, 0) is 6.42 Å². The van der Waals surface area contributed by atoms with E-state index in [1.807, 2.05) is 0 Å². The molecule has 0 spiro atoms. The summed E-state index contributed by atoms with van der Waals surface area (Å²) in [6.07, 6.45) is 0.321. The van der Waals surface area contributed by atoms with Crippen molar-refractivity contribution in [3.05, 3.63) is 68.7 Å². The van der Waals surface area contributed by atoms with Crippen molar-refractivity contribution in [2.45, 2.75) is 12.5 Å². The SMILES string of the molecule is CNC(Cc1cc(Cl)ccc1F)c1ccc(Br)cc1F. The number of benzene rings is 2. The second-order valence-corrected chi connectivity index (χ2v) is 5.80. The second kappa shape index (κ2) is 6.66. The molecule has 0 aromatic heterocycles. The van der Waals surface area contributed by atoms with Crippen LogP contribution in [0.5, 0.6) is 0 Å². The second-order valence-electron chi connectivity index (χ2n) is 4.45. The van der Waals surface area contributed by atoms with Gasteiger partial charge in [-0.2, -0.15) is 0 Å². The molecule has 0 saturated heterocycles. The maximum atomic E-state index is 14.0. The van der Waals surface area contributed by atoms with E-state index in [9.17, 15) is 8.78 Å². The molecule has 1 N–H and O–H groups in total. The Labute approximate surface area is 130 Å². The van der Waals surface area contributed by atoms with Gasteiger partial charge in [0.2, 0.25) is 0 Å². The fourth-order valence-electron chi connectivity index (χ4n) is 2.07. The summed E-state index contributed by atoms with van der Waals surface area (Å²) in [7, 11) is 1.72. The third kappa shape index (κ3) is 3.57. The number of rotatable bonds is 4. The molecule has 0 aliphatic carbocycles. The minimum atomic E-state index is -0.341. The lowest BCUT2D eigenvalue weighted by Crippen LogP contribution is -2.20. The number of nitrogens with one attached hydrogen (secondary N) is 1. The van der Waals surface area contributed by atoms with Gasteiger partial charge in [0, 0.05) is 21.1 Å². The zero-order chi connectivity index (χ0) is 14.7. The Hall–Kier alpha value is -0.970. The average molecular weight is 361 g/mol. The monoisotopic (exact) mass is 359 g/mol. The highest BCUT2D eigenvalue weighted by atomic mass is 79.9. The molecular formula is C15H13BrClF2N. The molecular weight excluding hydrogens is 348 g/mol. The highest BCUT2D eigenvalue weighted by molar-refractivity contribution is 9.10. The third-order valence-electron chi connectivity index (χ3n) is 3.12. The zero-order valence-corrected chi connectivity index (χ0v) is 13.1. The molecule has 2 rings (SSSR count). The summed E-state index contributed by atoms with van der Waals surface area (Å²) in [5.41, 5.74) is 0.953. The van der Waals surface area contributed by atoms with Gasteiger partial charge in [-0.05, 0) is 49.4 Å². The molecule has 5 heteroatoms. The van der Waals surface area contributed by atoms with Crippen molar-refractivity contribution in [3.63, 3.8) is 0 Å². The van der Waals surface area contributed by atoms with Crippen molar-refractivity contribution in [1.29, 1.82) is 0 Å². The quantitative estimate of drug-likeness (QED) is 0.819. The minimum absolute atomic E-state index is 0.321. The zero-order valence-electron chi connectivity index (χ0n) is 10.8. The van der Waals surface area contributed by atoms with Gasteiger partial charge in [0.15, 0.2) is 0 Å². The molecule has 1 atom stereocenters. The van der Waals surface area contributed by atoms with Gasteiger partial charge in [0.25, 0.3) is 0 Å². The molecule has 0 saturated carbocycles. The fourth-order valence-corrected chi connectivity index (χ4v) is 2.60. The van der Waals surface area contributed by atoms with Gasteiger partial charge in [-0.25, -0.2) is 8.78 Å². The summed E-state index contributed by atoms with van der Waals surface area (Å²) >= 11 is 9.09. The van der Waals surface area contributed by atoms with E-state index >= 15 is 0 Å². The lowest BCUT2D eigenvalue weighted by Gasteiger charge is -2.18. The van der Waals surface area contributed by atoms with Gasteiger partial charge in [-0.1, -0.05) is 33.6 Å². The summed E-state index contributed by atoms with van der Waals surface area (Å²) in [6.45, 7) is 0. The highest BCUT2D eigenvalue weighted by Gasteiger charge is 2.17. The van der Waals surface area contributed by atoms with E-state index in [0.717, 1.165) is 0 Å². The maximum Gasteiger partial charge on any atom is 0.129 e. The van der Waals surface area contributed by atoms with Crippen LogP contribution >= 0.6 is 27.5 Å². The Bertz CT molecular complexity index is 619. The van der Waals surface area contributed by atoms with Crippen molar-refractivity contribution in [1.82, 2.24) is 5.32 Å². The largest absolute Gasteiger partial charge is 0.313 e. The number of halogens is 4. The van der Waals surface area contributed by atoms with E-state index in [1.54, 1.807) is 25.2 Å². The summed E-state index contributed by atoms with van der Waals surface area (Å²) in [4.78, 5) is 0. The molecule has 0 heterocycles. The van der Waals surface area contributed by atoms with E-state index < -0.39 is 0 Å². The van der Waals surface area contributed by atoms with Crippen LogP contribution in [0.1, 0.15) is 17.2 Å². The third-order valence-corrected chi connectivity index (χ3v) is 3.85. The lowest BCUT2D eigenvalue weighted by molar-refractivity contribution is 0.519. The van der Waals surface area contributed by atoms with Crippen LogP contribution in [0, 0.1) is 11.6 Å². The first-order valence-electron chi connectivity index (χ1n) is 6.07. The molecule has 0 amide bonds. The van der Waals surface area contributed by atoms with Crippen molar-refractivity contribution >= 4 is 27.5 Å². The molecule has 0 fully saturated rings. The first kappa shape index (κ1) is 15.4. The van der Waals surface area contributed by atoms with E-state index in [2.05, 4.69) is 21.2 Å². The van der Waals surface area contributed by atoms with Gasteiger partial charge in [-0.3, -0.25) is 0 Å². The van der Waals surface area contributed by atoms with Gasteiger partial charge < -0.3 is 5.32 Å². The highest BCUT2D eigenvalue weighted by Crippen LogP contribution is 2.26. The Morgan fingerprint density at radius 1 is 1.15 bits per heavy atom. The molecule has 20 heavy (non-hydrogen) atoms. The molecule has 2 aromatic rings. The smallest absolute Gasteiger partial charge is 0.129 e. The van der Waals surface area contributed by atoms with Crippen molar-refractivity contribution in [3.8, 4) is 0 Å². The number of hydrogen-bond acceptors (Lipinski definition) is 1. The maximum absolute atomic E-state index is 14.0. The number of likely N-dealkylation sites (N-methyl/N-ethyl adjacent to an activating group) is 1. The van der Waals surface area contributed by atoms with E-state index in [1.165, 1.54) is 18.2 Å². The molecule has 0 bridgehead atoms. The summed E-state index contributed by atoms with van der Waals surface area (Å²) < 4.78 is 28.4. The Morgan fingerprint density at radius 2 is 1.90 bits per heavy atom. The van der Waals surface area contributed by atoms with Gasteiger partial charge in [0.1, 0.15) is 11.6 Å². The molecule has 0 aliphatic heterocycles. The molecule has 0 aliphatic rings. The molecule has 0 radical (unpaired) electrons. The normalized spacial score (nSPS) is 12.4. The van der Waals surface area contributed by atoms with E-state index in [0.29, 0.717) is 27.0 Å². The first-order valence-corrected chi connectivity index (χ1v) is 7.24. The predicted molar refractivity (Wildman–Crippen MR) is 81.0 cm³/mol. The summed E-state index contributed by atoms with van der Waals surface area (Å²) in [6, 6.07) is 8.90. The van der Waals surface area contributed by atoms with Gasteiger partial charge in [-0.15, -0.1) is 0 Å². The Kier molecular flexibility index (Phi) is 5.13. The number of hydrogen-bond donors (Lipinski definition) is 1. The van der Waals surface area contributed by atoms with Crippen LogP contribution in [0.15, 0.2) is 40.9 Å². The van der Waals surface area contributed by atoms with Crippen LogP contribution in [-0.4, -0.2) is 7.05 Å². The topological polar surface area (TPSA) is 12.0 Å². The van der Waals surface area contributed by atoms with Crippen molar-refractivity contribution < 1.29 is 8.78 Å². The Balaban J connectivity index is 2.31. The van der Waals surface area contributed by atoms with Crippen molar-refractivity contribution in [2.75, 3.05) is 7.05 Å². The van der Waals surface area contributed by atoms with Crippen LogP contribution in [0.2, 0.25) is 5.02 Å². The molecule has 1 nitrogen and oxygen atoms in total. The van der Waals surface area contributed by atoms with Gasteiger partial charge >= 0.3 is 0 Å². The Morgan fingerprint density at radius 3 is 2.55 bits per heavy atom. The minimum Gasteiger partial charge on any atom is -0.313 e. The fraction of sp³-hybridized carbons (Fsp3) is 0.200. The van der Waals surface area contributed by atoms with Crippen LogP contribution < -0.4 is 5.32 Å².